The molecule has 0 fully saturated rings. The van der Waals surface area contributed by atoms with E-state index < -0.39 is 0 Å². The molecule has 9 aromatic carbocycles. The van der Waals surface area contributed by atoms with Crippen LogP contribution in [0.4, 0.5) is 0 Å². The molecule has 0 N–H and O–H groups in total. The van der Waals surface area contributed by atoms with E-state index in [0.29, 0.717) is 17.6 Å². The lowest BCUT2D eigenvalue weighted by molar-refractivity contribution is 0.669. The minimum absolute atomic E-state index is 0.563. The number of nitrogens with zero attached hydrogens (tertiary/aromatic N) is 4. The Morgan fingerprint density at radius 3 is 1.80 bits per heavy atom. The zero-order valence-corrected chi connectivity index (χ0v) is 30.0. The molecule has 56 heavy (non-hydrogen) atoms. The smallest absolute Gasteiger partial charge is 0.238 e. The Morgan fingerprint density at radius 1 is 0.339 bits per heavy atom. The number of aromatic nitrogens is 4. The monoisotopic (exact) mass is 714 g/mol. The van der Waals surface area contributed by atoms with Crippen molar-refractivity contribution in [2.45, 2.75) is 0 Å². The average Bonchev–Trinajstić information content (AvgIpc) is 3.80. The molecule has 0 unspecified atom stereocenters. The van der Waals surface area contributed by atoms with Gasteiger partial charge < -0.3 is 4.42 Å². The lowest BCUT2D eigenvalue weighted by Gasteiger charge is -2.12. The van der Waals surface area contributed by atoms with E-state index >= 15 is 0 Å². The number of hydrogen-bond acceptors (Lipinski definition) is 4. The number of hydrogen-bond donors (Lipinski definition) is 0. The lowest BCUT2D eigenvalue weighted by Crippen LogP contribution is -2.06. The van der Waals surface area contributed by atoms with Crippen molar-refractivity contribution in [2.24, 2.45) is 0 Å². The molecule has 260 valence electrons. The van der Waals surface area contributed by atoms with Gasteiger partial charge in [-0.15, -0.1) is 0 Å². The van der Waals surface area contributed by atoms with E-state index in [2.05, 4.69) is 174 Å². The Morgan fingerprint density at radius 2 is 0.964 bits per heavy atom. The fourth-order valence-electron chi connectivity index (χ4n) is 8.47. The van der Waals surface area contributed by atoms with Crippen molar-refractivity contribution in [1.82, 2.24) is 19.5 Å². The second-order valence-corrected chi connectivity index (χ2v) is 14.5. The van der Waals surface area contributed by atoms with Crippen LogP contribution in [0.2, 0.25) is 0 Å². The van der Waals surface area contributed by atoms with Gasteiger partial charge in [0.15, 0.2) is 11.6 Å². The van der Waals surface area contributed by atoms with Gasteiger partial charge in [-0.1, -0.05) is 127 Å². The Labute approximate surface area is 320 Å². The topological polar surface area (TPSA) is 56.7 Å². The largest absolute Gasteiger partial charge is 0.456 e. The van der Waals surface area contributed by atoms with Crippen LogP contribution >= 0.6 is 0 Å². The summed E-state index contributed by atoms with van der Waals surface area (Å²) in [6.07, 6.45) is 0. The summed E-state index contributed by atoms with van der Waals surface area (Å²) in [5.41, 5.74) is 7.91. The fraction of sp³-hybridized carbons (Fsp3) is 0. The van der Waals surface area contributed by atoms with Gasteiger partial charge in [0.2, 0.25) is 5.95 Å². The molecule has 5 nitrogen and oxygen atoms in total. The van der Waals surface area contributed by atoms with Gasteiger partial charge in [0, 0.05) is 32.7 Å². The van der Waals surface area contributed by atoms with Crippen LogP contribution in [0, 0.1) is 0 Å². The molecule has 0 saturated heterocycles. The maximum Gasteiger partial charge on any atom is 0.238 e. The summed E-state index contributed by atoms with van der Waals surface area (Å²) in [6, 6.07) is 64.0. The molecule has 0 aliphatic carbocycles. The molecule has 0 radical (unpaired) electrons. The average molecular weight is 715 g/mol. The minimum Gasteiger partial charge on any atom is -0.456 e. The molecule has 0 saturated carbocycles. The lowest BCUT2D eigenvalue weighted by atomic mass is 10.00. The molecule has 0 atom stereocenters. The van der Waals surface area contributed by atoms with Crippen molar-refractivity contribution in [2.75, 3.05) is 0 Å². The molecule has 0 bridgehead atoms. The van der Waals surface area contributed by atoms with E-state index in [9.17, 15) is 0 Å². The summed E-state index contributed by atoms with van der Waals surface area (Å²) in [5.74, 6) is 1.76. The van der Waals surface area contributed by atoms with Gasteiger partial charge in [0.1, 0.15) is 11.2 Å². The molecule has 3 aromatic heterocycles. The molecule has 3 heterocycles. The number of furan rings is 1. The maximum absolute atomic E-state index is 6.38. The van der Waals surface area contributed by atoms with E-state index in [0.717, 1.165) is 65.6 Å². The third-order valence-corrected chi connectivity index (χ3v) is 11.2. The van der Waals surface area contributed by atoms with Gasteiger partial charge in [-0.25, -0.2) is 4.98 Å². The molecule has 0 aliphatic rings. The summed E-state index contributed by atoms with van der Waals surface area (Å²) >= 11 is 0. The Kier molecular flexibility index (Phi) is 6.56. The van der Waals surface area contributed by atoms with Crippen LogP contribution in [-0.4, -0.2) is 19.5 Å². The fourth-order valence-corrected chi connectivity index (χ4v) is 8.47. The summed E-state index contributed by atoms with van der Waals surface area (Å²) in [7, 11) is 0. The molecule has 12 rings (SSSR count). The van der Waals surface area contributed by atoms with Gasteiger partial charge >= 0.3 is 0 Å². The zero-order chi connectivity index (χ0) is 36.7. The standard InChI is InChI=1S/C51H30N4O/c1-2-10-31(11-3-1)36-20-18-32-19-21-37(27-39(32)26-36)49-52-50(38-23-25-46-42(29-38)43-28-34-13-4-5-14-35(34)30-47(43)56-46)54-51(53-49)55-44-17-9-8-16-41(44)48-40-15-7-6-12-33(40)22-24-45(48)55/h1-30H. The summed E-state index contributed by atoms with van der Waals surface area (Å²) in [5, 5.41) is 11.4. The molecule has 5 heteroatoms. The third kappa shape index (κ3) is 4.78. The molecule has 0 aliphatic heterocycles. The minimum atomic E-state index is 0.563. The van der Waals surface area contributed by atoms with Gasteiger partial charge in [0.25, 0.3) is 0 Å². The van der Waals surface area contributed by atoms with E-state index in [1.165, 1.54) is 32.7 Å². The van der Waals surface area contributed by atoms with Gasteiger partial charge in [0.05, 0.1) is 11.0 Å². The van der Waals surface area contributed by atoms with Crippen molar-refractivity contribution in [3.63, 3.8) is 0 Å². The number of rotatable bonds is 4. The van der Waals surface area contributed by atoms with Crippen molar-refractivity contribution < 1.29 is 4.42 Å². The van der Waals surface area contributed by atoms with Crippen molar-refractivity contribution >= 4 is 76.1 Å². The number of benzene rings is 9. The van der Waals surface area contributed by atoms with Crippen LogP contribution in [0.15, 0.2) is 186 Å². The Balaban J connectivity index is 1.11. The second-order valence-electron chi connectivity index (χ2n) is 14.5. The molecule has 12 aromatic rings. The van der Waals surface area contributed by atoms with E-state index in [1.54, 1.807) is 0 Å². The van der Waals surface area contributed by atoms with Crippen molar-refractivity contribution in [3.05, 3.63) is 182 Å². The highest BCUT2D eigenvalue weighted by Crippen LogP contribution is 2.38. The highest BCUT2D eigenvalue weighted by molar-refractivity contribution is 6.21. The Hall–Kier alpha value is -7.63. The maximum atomic E-state index is 6.38. The predicted octanol–water partition coefficient (Wildman–Crippen LogP) is 13.3. The first kappa shape index (κ1) is 30.8. The number of fused-ring (bicyclic) bond motifs is 10. The normalized spacial score (nSPS) is 11.9. The van der Waals surface area contributed by atoms with E-state index in [4.69, 9.17) is 19.4 Å². The second kappa shape index (κ2) is 11.9. The zero-order valence-electron chi connectivity index (χ0n) is 30.0. The SMILES string of the molecule is c1ccc(-c2ccc3ccc(-c4nc(-c5ccc6oc7cc8ccccc8cc7c6c5)nc(-n5c6ccccc6c6c7ccccc7ccc65)n4)cc3c2)cc1. The van der Waals surface area contributed by atoms with Gasteiger partial charge in [-0.2, -0.15) is 9.97 Å². The number of para-hydroxylation sites is 1. The molecule has 0 spiro atoms. The predicted molar refractivity (Wildman–Crippen MR) is 230 cm³/mol. The van der Waals surface area contributed by atoms with Gasteiger partial charge in [-0.05, 0) is 98.0 Å². The van der Waals surface area contributed by atoms with E-state index in [1.807, 2.05) is 12.1 Å². The first-order valence-corrected chi connectivity index (χ1v) is 18.8. The van der Waals surface area contributed by atoms with Crippen LogP contribution in [0.25, 0.3) is 116 Å². The van der Waals surface area contributed by atoms with Crippen molar-refractivity contribution in [3.8, 4) is 39.9 Å². The first-order valence-electron chi connectivity index (χ1n) is 18.8. The van der Waals surface area contributed by atoms with Crippen LogP contribution in [0.3, 0.4) is 0 Å². The Bertz CT molecular complexity index is 3540. The van der Waals surface area contributed by atoms with Crippen LogP contribution in [-0.2, 0) is 0 Å². The summed E-state index contributed by atoms with van der Waals surface area (Å²) < 4.78 is 8.58. The first-order chi connectivity index (χ1) is 27.7. The summed E-state index contributed by atoms with van der Waals surface area (Å²) in [6.45, 7) is 0. The molecular weight excluding hydrogens is 685 g/mol. The highest BCUT2D eigenvalue weighted by atomic mass is 16.3. The molecular formula is C51H30N4O. The van der Waals surface area contributed by atoms with Crippen molar-refractivity contribution in [1.29, 1.82) is 0 Å². The van der Waals surface area contributed by atoms with E-state index in [-0.39, 0.29) is 0 Å². The van der Waals surface area contributed by atoms with Crippen LogP contribution < -0.4 is 0 Å². The van der Waals surface area contributed by atoms with Crippen LogP contribution in [0.5, 0.6) is 0 Å². The van der Waals surface area contributed by atoms with Gasteiger partial charge in [-0.3, -0.25) is 4.57 Å². The summed E-state index contributed by atoms with van der Waals surface area (Å²) in [4.78, 5) is 15.8. The van der Waals surface area contributed by atoms with Crippen LogP contribution in [0.1, 0.15) is 0 Å². The third-order valence-electron chi connectivity index (χ3n) is 11.2. The molecule has 0 amide bonds. The highest BCUT2D eigenvalue weighted by Gasteiger charge is 2.20. The quantitative estimate of drug-likeness (QED) is 0.182.